The largest absolute Gasteiger partial charge is 0.462 e. The molecule has 3 amide bonds. The van der Waals surface area contributed by atoms with Gasteiger partial charge in [-0.3, -0.25) is 19.3 Å². The molecule has 3 rings (SSSR count). The second kappa shape index (κ2) is 6.59. The van der Waals surface area contributed by atoms with E-state index < -0.39 is 11.1 Å². The fourth-order valence-corrected chi connectivity index (χ4v) is 3.16. The monoisotopic (exact) mass is 336 g/mol. The fourth-order valence-electron chi connectivity index (χ4n) is 2.34. The van der Waals surface area contributed by atoms with E-state index in [1.807, 2.05) is 0 Å². The van der Waals surface area contributed by atoms with E-state index in [0.29, 0.717) is 32.1 Å². The molecule has 1 aromatic rings. The quantitative estimate of drug-likeness (QED) is 0.778. The van der Waals surface area contributed by atoms with Crippen LogP contribution >= 0.6 is 11.8 Å². The number of morpholine rings is 1. The highest BCUT2D eigenvalue weighted by molar-refractivity contribution is 8.18. The van der Waals surface area contributed by atoms with Crippen LogP contribution in [0, 0.1) is 6.92 Å². The third-order valence-electron chi connectivity index (χ3n) is 3.57. The molecule has 23 heavy (non-hydrogen) atoms. The summed E-state index contributed by atoms with van der Waals surface area (Å²) in [5, 5.41) is -0.439. The number of amides is 3. The SMILES string of the molecule is Cc1ccc(/C=C2\SC(=O)N(CC(=O)N3CCOCC3)C2=O)o1. The van der Waals surface area contributed by atoms with Crippen LogP contribution in [0.5, 0.6) is 0 Å². The maximum Gasteiger partial charge on any atom is 0.294 e. The molecule has 8 heteroatoms. The molecule has 0 saturated carbocycles. The summed E-state index contributed by atoms with van der Waals surface area (Å²) in [6, 6.07) is 3.50. The van der Waals surface area contributed by atoms with E-state index in [0.717, 1.165) is 22.4 Å². The van der Waals surface area contributed by atoms with Gasteiger partial charge in [-0.15, -0.1) is 0 Å². The van der Waals surface area contributed by atoms with Gasteiger partial charge in [-0.25, -0.2) is 0 Å². The van der Waals surface area contributed by atoms with Crippen LogP contribution < -0.4 is 0 Å². The van der Waals surface area contributed by atoms with Crippen LogP contribution in [-0.4, -0.2) is 59.7 Å². The summed E-state index contributed by atoms with van der Waals surface area (Å²) in [6.45, 7) is 3.48. The molecule has 3 heterocycles. The van der Waals surface area contributed by atoms with Crippen molar-refractivity contribution in [3.63, 3.8) is 0 Å². The van der Waals surface area contributed by atoms with Crippen LogP contribution in [0.15, 0.2) is 21.5 Å². The summed E-state index contributed by atoms with van der Waals surface area (Å²) in [4.78, 5) is 39.4. The molecule has 122 valence electrons. The summed E-state index contributed by atoms with van der Waals surface area (Å²) in [5.74, 6) is 0.520. The molecule has 0 radical (unpaired) electrons. The lowest BCUT2D eigenvalue weighted by Gasteiger charge is -2.27. The smallest absolute Gasteiger partial charge is 0.294 e. The Morgan fingerprint density at radius 1 is 1.30 bits per heavy atom. The van der Waals surface area contributed by atoms with Gasteiger partial charge in [-0.1, -0.05) is 0 Å². The predicted molar refractivity (Wildman–Crippen MR) is 83.5 cm³/mol. The normalized spacial score (nSPS) is 20.7. The minimum Gasteiger partial charge on any atom is -0.462 e. The van der Waals surface area contributed by atoms with Crippen molar-refractivity contribution < 1.29 is 23.5 Å². The van der Waals surface area contributed by atoms with Crippen LogP contribution in [0.1, 0.15) is 11.5 Å². The average Bonchev–Trinajstić information content (AvgIpc) is 3.07. The first kappa shape index (κ1) is 15.8. The predicted octanol–water partition coefficient (Wildman–Crippen LogP) is 1.48. The Morgan fingerprint density at radius 2 is 2.04 bits per heavy atom. The molecule has 7 nitrogen and oxygen atoms in total. The van der Waals surface area contributed by atoms with Gasteiger partial charge in [0.05, 0.1) is 18.1 Å². The van der Waals surface area contributed by atoms with Gasteiger partial charge in [0.1, 0.15) is 18.1 Å². The second-order valence-electron chi connectivity index (χ2n) is 5.21. The molecule has 0 N–H and O–H groups in total. The molecule has 2 saturated heterocycles. The molecule has 1 aromatic heterocycles. The fraction of sp³-hybridized carbons (Fsp3) is 0.400. The highest BCUT2D eigenvalue weighted by Crippen LogP contribution is 2.32. The lowest BCUT2D eigenvalue weighted by Crippen LogP contribution is -2.46. The highest BCUT2D eigenvalue weighted by atomic mass is 32.2. The number of thioether (sulfide) groups is 1. The molecule has 0 bridgehead atoms. The van der Waals surface area contributed by atoms with E-state index in [2.05, 4.69) is 0 Å². The minimum atomic E-state index is -0.462. The Kier molecular flexibility index (Phi) is 4.53. The first-order valence-electron chi connectivity index (χ1n) is 7.22. The maximum absolute atomic E-state index is 12.3. The molecule has 0 spiro atoms. The van der Waals surface area contributed by atoms with Crippen molar-refractivity contribution in [1.29, 1.82) is 0 Å². The highest BCUT2D eigenvalue weighted by Gasteiger charge is 2.37. The third kappa shape index (κ3) is 3.48. The minimum absolute atomic E-state index is 0.237. The lowest BCUT2D eigenvalue weighted by atomic mass is 10.3. The first-order valence-corrected chi connectivity index (χ1v) is 8.03. The molecule has 0 aliphatic carbocycles. The van der Waals surface area contributed by atoms with Gasteiger partial charge in [0.2, 0.25) is 5.91 Å². The van der Waals surface area contributed by atoms with Gasteiger partial charge < -0.3 is 14.1 Å². The van der Waals surface area contributed by atoms with Gasteiger partial charge in [0, 0.05) is 19.2 Å². The van der Waals surface area contributed by atoms with Crippen LogP contribution in [0.4, 0.5) is 4.79 Å². The Morgan fingerprint density at radius 3 is 2.70 bits per heavy atom. The van der Waals surface area contributed by atoms with Crippen molar-refractivity contribution in [3.05, 3.63) is 28.6 Å². The Labute approximate surface area is 137 Å². The maximum atomic E-state index is 12.3. The van der Waals surface area contributed by atoms with Crippen molar-refractivity contribution in [3.8, 4) is 0 Å². The number of hydrogen-bond acceptors (Lipinski definition) is 6. The average molecular weight is 336 g/mol. The number of hydrogen-bond donors (Lipinski definition) is 0. The molecular weight excluding hydrogens is 320 g/mol. The summed E-state index contributed by atoms with van der Waals surface area (Å²) < 4.78 is 10.6. The number of carbonyl (C=O) groups is 3. The molecule has 0 atom stereocenters. The number of rotatable bonds is 3. The first-order chi connectivity index (χ1) is 11.0. The molecule has 2 fully saturated rings. The summed E-state index contributed by atoms with van der Waals surface area (Å²) in [5.41, 5.74) is 0. The van der Waals surface area contributed by atoms with E-state index >= 15 is 0 Å². The number of nitrogens with zero attached hydrogens (tertiary/aromatic N) is 2. The van der Waals surface area contributed by atoms with E-state index in [9.17, 15) is 14.4 Å². The number of ether oxygens (including phenoxy) is 1. The van der Waals surface area contributed by atoms with Crippen molar-refractivity contribution in [1.82, 2.24) is 9.80 Å². The molecule has 0 aromatic carbocycles. The summed E-state index contributed by atoms with van der Waals surface area (Å²) in [7, 11) is 0. The molecular formula is C15H16N2O5S. The third-order valence-corrected chi connectivity index (χ3v) is 4.47. The van der Waals surface area contributed by atoms with Crippen LogP contribution in [0.3, 0.4) is 0 Å². The zero-order valence-electron chi connectivity index (χ0n) is 12.6. The number of furan rings is 1. The molecule has 2 aliphatic rings. The zero-order chi connectivity index (χ0) is 16.4. The topological polar surface area (TPSA) is 80.1 Å². The van der Waals surface area contributed by atoms with Crippen LogP contribution in [0.2, 0.25) is 0 Å². The van der Waals surface area contributed by atoms with Crippen molar-refractivity contribution >= 4 is 34.9 Å². The van der Waals surface area contributed by atoms with Gasteiger partial charge in [0.25, 0.3) is 11.1 Å². The van der Waals surface area contributed by atoms with Gasteiger partial charge in [0.15, 0.2) is 0 Å². The number of aryl methyl sites for hydroxylation is 1. The van der Waals surface area contributed by atoms with Crippen LogP contribution in [-0.2, 0) is 14.3 Å². The lowest BCUT2D eigenvalue weighted by molar-refractivity contribution is -0.139. The van der Waals surface area contributed by atoms with E-state index in [1.165, 1.54) is 6.08 Å². The van der Waals surface area contributed by atoms with E-state index in [-0.39, 0.29) is 17.4 Å². The standard InChI is InChI=1S/C15H16N2O5S/c1-10-2-3-11(22-10)8-12-14(19)17(15(20)23-12)9-13(18)16-4-6-21-7-5-16/h2-3,8H,4-7,9H2,1H3/b12-8-. The van der Waals surface area contributed by atoms with Crippen molar-refractivity contribution in [2.24, 2.45) is 0 Å². The Balaban J connectivity index is 1.68. The number of imide groups is 1. The van der Waals surface area contributed by atoms with E-state index in [4.69, 9.17) is 9.15 Å². The molecule has 0 unspecified atom stereocenters. The molecule has 2 aliphatic heterocycles. The summed E-state index contributed by atoms with van der Waals surface area (Å²) in [6.07, 6.45) is 1.52. The van der Waals surface area contributed by atoms with Crippen molar-refractivity contribution in [2.45, 2.75) is 6.92 Å². The zero-order valence-corrected chi connectivity index (χ0v) is 13.4. The number of carbonyl (C=O) groups excluding carboxylic acids is 3. The van der Waals surface area contributed by atoms with E-state index in [1.54, 1.807) is 24.0 Å². The van der Waals surface area contributed by atoms with Crippen LogP contribution in [0.25, 0.3) is 6.08 Å². The Hall–Kier alpha value is -2.06. The summed E-state index contributed by atoms with van der Waals surface area (Å²) >= 11 is 0.818. The second-order valence-corrected chi connectivity index (χ2v) is 6.20. The van der Waals surface area contributed by atoms with Gasteiger partial charge in [-0.05, 0) is 30.8 Å². The van der Waals surface area contributed by atoms with Gasteiger partial charge >= 0.3 is 0 Å². The van der Waals surface area contributed by atoms with Gasteiger partial charge in [-0.2, -0.15) is 0 Å². The van der Waals surface area contributed by atoms with Crippen molar-refractivity contribution in [2.75, 3.05) is 32.8 Å². The Bertz CT molecular complexity index is 675.